The molecule has 0 radical (unpaired) electrons. The Hall–Kier alpha value is -2.88. The van der Waals surface area contributed by atoms with Gasteiger partial charge in [0.15, 0.2) is 0 Å². The quantitative estimate of drug-likeness (QED) is 0.632. The van der Waals surface area contributed by atoms with E-state index in [0.717, 1.165) is 51.3 Å². The molecule has 0 spiro atoms. The van der Waals surface area contributed by atoms with E-state index in [1.54, 1.807) is 0 Å². The Bertz CT molecular complexity index is 967. The van der Waals surface area contributed by atoms with Crippen LogP contribution in [-0.2, 0) is 12.7 Å². The molecule has 2 aromatic rings. The Morgan fingerprint density at radius 1 is 1.03 bits per heavy atom. The fourth-order valence-electron chi connectivity index (χ4n) is 5.27. The number of amides is 2. The third kappa shape index (κ3) is 6.66. The van der Waals surface area contributed by atoms with E-state index in [-0.39, 0.29) is 24.1 Å². The van der Waals surface area contributed by atoms with Crippen LogP contribution in [-0.4, -0.2) is 70.6 Å². The van der Waals surface area contributed by atoms with Crippen molar-refractivity contribution in [2.24, 2.45) is 5.92 Å². The number of hydrogen-bond donors (Lipinski definition) is 1. The van der Waals surface area contributed by atoms with Gasteiger partial charge in [-0.1, -0.05) is 30.3 Å². The highest BCUT2D eigenvalue weighted by atomic mass is 19.4. The van der Waals surface area contributed by atoms with E-state index in [4.69, 9.17) is 0 Å². The summed E-state index contributed by atoms with van der Waals surface area (Å²) in [5.74, 6) is 0.862. The monoisotopic (exact) mass is 504 g/mol. The first-order chi connectivity index (χ1) is 17.2. The van der Waals surface area contributed by atoms with Gasteiger partial charge in [-0.25, -0.2) is 14.8 Å². The van der Waals surface area contributed by atoms with Gasteiger partial charge in [-0.15, -0.1) is 0 Å². The van der Waals surface area contributed by atoms with Crippen molar-refractivity contribution in [1.29, 1.82) is 0 Å². The molecule has 2 saturated heterocycles. The van der Waals surface area contributed by atoms with Crippen LogP contribution >= 0.6 is 0 Å². The number of piperazine rings is 1. The van der Waals surface area contributed by atoms with Crippen molar-refractivity contribution < 1.29 is 18.0 Å². The number of likely N-dealkylation sites (tertiary alicyclic amines) is 1. The molecule has 0 bridgehead atoms. The van der Waals surface area contributed by atoms with Crippen LogP contribution in [0.3, 0.4) is 0 Å². The summed E-state index contributed by atoms with van der Waals surface area (Å²) in [6.45, 7) is 8.59. The second-order valence-electron chi connectivity index (χ2n) is 10.0. The number of piperidine rings is 1. The second kappa shape index (κ2) is 11.5. The Morgan fingerprint density at radius 2 is 1.64 bits per heavy atom. The zero-order valence-electron chi connectivity index (χ0n) is 20.9. The third-order valence-electron chi connectivity index (χ3n) is 7.19. The van der Waals surface area contributed by atoms with Crippen LogP contribution in [0.1, 0.15) is 44.2 Å². The zero-order valence-corrected chi connectivity index (χ0v) is 20.9. The molecule has 2 fully saturated rings. The van der Waals surface area contributed by atoms with Crippen LogP contribution in [0.5, 0.6) is 0 Å². The topological polar surface area (TPSA) is 64.6 Å². The van der Waals surface area contributed by atoms with Crippen molar-refractivity contribution in [1.82, 2.24) is 25.1 Å². The molecule has 2 aliphatic rings. The number of carbonyl (C=O) groups excluding carboxylic acids is 1. The van der Waals surface area contributed by atoms with Gasteiger partial charge in [0.25, 0.3) is 0 Å². The first-order valence-electron chi connectivity index (χ1n) is 12.7. The minimum absolute atomic E-state index is 0.0931. The highest BCUT2D eigenvalue weighted by molar-refractivity contribution is 5.75. The molecular formula is C26H35F3N6O. The zero-order chi connectivity index (χ0) is 25.7. The smallest absolute Gasteiger partial charge is 0.338 e. The molecule has 4 rings (SSSR count). The molecule has 1 N–H and O–H groups in total. The summed E-state index contributed by atoms with van der Waals surface area (Å²) in [6.07, 6.45) is 0.399. The van der Waals surface area contributed by atoms with Crippen LogP contribution in [0.4, 0.5) is 23.9 Å². The summed E-state index contributed by atoms with van der Waals surface area (Å²) in [4.78, 5) is 26.9. The Morgan fingerprint density at radius 3 is 2.22 bits per heavy atom. The molecule has 2 atom stereocenters. The lowest BCUT2D eigenvalue weighted by Crippen LogP contribution is -2.61. The average Bonchev–Trinajstić information content (AvgIpc) is 2.85. The fraction of sp³-hybridized carbons (Fsp3) is 0.577. The largest absolute Gasteiger partial charge is 0.419 e. The number of benzene rings is 1. The Balaban J connectivity index is 1.20. The molecule has 10 heteroatoms. The Labute approximate surface area is 210 Å². The predicted octanol–water partition coefficient (Wildman–Crippen LogP) is 4.41. The fourth-order valence-corrected chi connectivity index (χ4v) is 5.27. The molecule has 36 heavy (non-hydrogen) atoms. The van der Waals surface area contributed by atoms with Crippen molar-refractivity contribution in [2.75, 3.05) is 37.6 Å². The van der Waals surface area contributed by atoms with Crippen molar-refractivity contribution in [2.45, 2.75) is 57.9 Å². The minimum atomic E-state index is -4.46. The lowest BCUT2D eigenvalue weighted by Gasteiger charge is -2.44. The second-order valence-corrected chi connectivity index (χ2v) is 10.0. The molecule has 2 aliphatic heterocycles. The number of aromatic nitrogens is 2. The van der Waals surface area contributed by atoms with E-state index in [2.05, 4.69) is 44.5 Å². The number of urea groups is 1. The molecule has 3 heterocycles. The van der Waals surface area contributed by atoms with Gasteiger partial charge in [0, 0.05) is 50.7 Å². The van der Waals surface area contributed by atoms with Crippen LogP contribution in [0, 0.1) is 5.92 Å². The summed E-state index contributed by atoms with van der Waals surface area (Å²) in [5, 5.41) is 3.09. The lowest BCUT2D eigenvalue weighted by molar-refractivity contribution is -0.138. The highest BCUT2D eigenvalue weighted by Gasteiger charge is 2.35. The molecular weight excluding hydrogens is 469 g/mol. The maximum atomic E-state index is 12.9. The first-order valence-corrected chi connectivity index (χ1v) is 12.7. The molecule has 0 saturated carbocycles. The minimum Gasteiger partial charge on any atom is -0.338 e. The van der Waals surface area contributed by atoms with Crippen molar-refractivity contribution in [3.63, 3.8) is 0 Å². The van der Waals surface area contributed by atoms with E-state index in [1.165, 1.54) is 5.56 Å². The maximum Gasteiger partial charge on any atom is 0.419 e. The van der Waals surface area contributed by atoms with Crippen LogP contribution < -0.4 is 10.2 Å². The van der Waals surface area contributed by atoms with E-state index in [1.807, 2.05) is 29.7 Å². The van der Waals surface area contributed by atoms with E-state index in [9.17, 15) is 18.0 Å². The van der Waals surface area contributed by atoms with Gasteiger partial charge in [0.1, 0.15) is 0 Å². The number of carbonyl (C=O) groups is 1. The standard InChI is InChI=1S/C26H35F3N6O/c1-19-16-34(24-31-14-23(15-32-24)26(27,28)29)17-20(2)35(19)25(36)30-11-8-21-9-12-33(13-10-21)18-22-6-4-3-5-7-22/h3-7,14-15,19-21H,8-13,16-18H2,1-2H3,(H,30,36). The van der Waals surface area contributed by atoms with E-state index in [0.29, 0.717) is 25.6 Å². The molecule has 2 unspecified atom stereocenters. The number of nitrogens with one attached hydrogen (secondary N) is 1. The van der Waals surface area contributed by atoms with Gasteiger partial charge in [-0.3, -0.25) is 4.90 Å². The molecule has 0 aliphatic carbocycles. The number of halogens is 3. The van der Waals surface area contributed by atoms with E-state index < -0.39 is 11.7 Å². The summed E-state index contributed by atoms with van der Waals surface area (Å²) in [6, 6.07) is 10.2. The number of anilines is 1. The molecule has 2 amide bonds. The van der Waals surface area contributed by atoms with Gasteiger partial charge in [0.2, 0.25) is 5.95 Å². The van der Waals surface area contributed by atoms with Crippen LogP contribution in [0.25, 0.3) is 0 Å². The number of hydrogen-bond acceptors (Lipinski definition) is 5. The summed E-state index contributed by atoms with van der Waals surface area (Å²) >= 11 is 0. The SMILES string of the molecule is CC1CN(c2ncc(C(F)(F)F)cn2)CC(C)N1C(=O)NCCC1CCN(Cc2ccccc2)CC1. The van der Waals surface area contributed by atoms with Crippen molar-refractivity contribution in [3.8, 4) is 0 Å². The molecule has 1 aromatic heterocycles. The third-order valence-corrected chi connectivity index (χ3v) is 7.19. The molecule has 196 valence electrons. The van der Waals surface area contributed by atoms with E-state index >= 15 is 0 Å². The number of nitrogens with zero attached hydrogens (tertiary/aromatic N) is 5. The lowest BCUT2D eigenvalue weighted by atomic mass is 9.93. The first kappa shape index (κ1) is 26.2. The van der Waals surface area contributed by atoms with Gasteiger partial charge in [0.05, 0.1) is 5.56 Å². The number of rotatable bonds is 6. The van der Waals surface area contributed by atoms with Crippen molar-refractivity contribution in [3.05, 3.63) is 53.9 Å². The number of alkyl halides is 3. The van der Waals surface area contributed by atoms with Gasteiger partial charge >= 0.3 is 12.2 Å². The van der Waals surface area contributed by atoms with Crippen LogP contribution in [0.2, 0.25) is 0 Å². The summed E-state index contributed by atoms with van der Waals surface area (Å²) in [7, 11) is 0. The average molecular weight is 505 g/mol. The van der Waals surface area contributed by atoms with Gasteiger partial charge in [-0.05, 0) is 57.7 Å². The molecule has 1 aromatic carbocycles. The normalized spacial score (nSPS) is 22.0. The summed E-state index contributed by atoms with van der Waals surface area (Å²) in [5.41, 5.74) is 0.476. The highest BCUT2D eigenvalue weighted by Crippen LogP contribution is 2.29. The Kier molecular flexibility index (Phi) is 8.33. The predicted molar refractivity (Wildman–Crippen MR) is 132 cm³/mol. The van der Waals surface area contributed by atoms with Crippen molar-refractivity contribution >= 4 is 12.0 Å². The van der Waals surface area contributed by atoms with Gasteiger partial charge in [-0.2, -0.15) is 13.2 Å². The maximum absolute atomic E-state index is 12.9. The van der Waals surface area contributed by atoms with Gasteiger partial charge < -0.3 is 15.1 Å². The van der Waals surface area contributed by atoms with Crippen LogP contribution in [0.15, 0.2) is 42.7 Å². The summed E-state index contributed by atoms with van der Waals surface area (Å²) < 4.78 is 38.4. The molecule has 7 nitrogen and oxygen atoms in total.